The molecule has 2 aliphatic heterocycles. The monoisotopic (exact) mass is 381 g/mol. The van der Waals surface area contributed by atoms with Crippen LogP contribution in [0.25, 0.3) is 0 Å². The SMILES string of the molecule is C[C@]12CCCC[C@@H]1C[C@H](N1CCC3(CC1)C(=O)NCN3c1ccccc1)CC2. The number of para-hydroxylation sites is 1. The molecule has 2 aliphatic carbocycles. The molecule has 5 rings (SSSR count). The summed E-state index contributed by atoms with van der Waals surface area (Å²) in [4.78, 5) is 17.9. The second kappa shape index (κ2) is 7.05. The Morgan fingerprint density at radius 2 is 1.79 bits per heavy atom. The van der Waals surface area contributed by atoms with E-state index in [1.165, 1.54) is 50.6 Å². The topological polar surface area (TPSA) is 35.6 Å². The molecule has 0 unspecified atom stereocenters. The van der Waals surface area contributed by atoms with Gasteiger partial charge in [0, 0.05) is 24.8 Å². The zero-order valence-electron chi connectivity index (χ0n) is 17.3. The number of benzene rings is 1. The van der Waals surface area contributed by atoms with Gasteiger partial charge in [-0.2, -0.15) is 0 Å². The van der Waals surface area contributed by atoms with Gasteiger partial charge < -0.3 is 15.1 Å². The molecule has 4 fully saturated rings. The van der Waals surface area contributed by atoms with Crippen molar-refractivity contribution in [3.05, 3.63) is 30.3 Å². The lowest BCUT2D eigenvalue weighted by molar-refractivity contribution is -0.125. The van der Waals surface area contributed by atoms with E-state index in [-0.39, 0.29) is 11.4 Å². The Morgan fingerprint density at radius 1 is 1.00 bits per heavy atom. The van der Waals surface area contributed by atoms with Crippen LogP contribution in [0.1, 0.15) is 64.7 Å². The average Bonchev–Trinajstić information content (AvgIpc) is 3.04. The number of carbonyl (C=O) groups is 1. The molecule has 4 nitrogen and oxygen atoms in total. The van der Waals surface area contributed by atoms with Gasteiger partial charge in [-0.15, -0.1) is 0 Å². The maximum absolute atomic E-state index is 12.9. The summed E-state index contributed by atoms with van der Waals surface area (Å²) in [5.74, 6) is 1.16. The third-order valence-corrected chi connectivity index (χ3v) is 8.69. The fraction of sp³-hybridized carbons (Fsp3) is 0.708. The molecule has 0 radical (unpaired) electrons. The molecule has 2 saturated carbocycles. The van der Waals surface area contributed by atoms with Gasteiger partial charge in [-0.1, -0.05) is 38.0 Å². The first-order valence-electron chi connectivity index (χ1n) is 11.5. The highest BCUT2D eigenvalue weighted by Crippen LogP contribution is 2.51. The molecule has 152 valence electrons. The van der Waals surface area contributed by atoms with Gasteiger partial charge in [0.05, 0.1) is 6.67 Å². The van der Waals surface area contributed by atoms with E-state index >= 15 is 0 Å². The second-order valence-electron chi connectivity index (χ2n) is 10.0. The Labute approximate surface area is 169 Å². The van der Waals surface area contributed by atoms with E-state index in [0.717, 1.165) is 37.9 Å². The first-order chi connectivity index (χ1) is 13.6. The van der Waals surface area contributed by atoms with E-state index in [4.69, 9.17) is 0 Å². The minimum atomic E-state index is -0.341. The van der Waals surface area contributed by atoms with Crippen LogP contribution in [0, 0.1) is 11.3 Å². The highest BCUT2D eigenvalue weighted by molar-refractivity contribution is 5.93. The molecule has 2 saturated heterocycles. The lowest BCUT2D eigenvalue weighted by atomic mass is 9.59. The Bertz CT molecular complexity index is 712. The van der Waals surface area contributed by atoms with Crippen LogP contribution in [0.5, 0.6) is 0 Å². The number of anilines is 1. The van der Waals surface area contributed by atoms with Gasteiger partial charge in [-0.3, -0.25) is 4.79 Å². The van der Waals surface area contributed by atoms with Crippen molar-refractivity contribution in [2.24, 2.45) is 11.3 Å². The summed E-state index contributed by atoms with van der Waals surface area (Å²) >= 11 is 0. The van der Waals surface area contributed by atoms with Crippen LogP contribution in [0.3, 0.4) is 0 Å². The molecule has 0 bridgehead atoms. The lowest BCUT2D eigenvalue weighted by Gasteiger charge is -2.52. The van der Waals surface area contributed by atoms with Crippen LogP contribution >= 0.6 is 0 Å². The van der Waals surface area contributed by atoms with Crippen LogP contribution in [-0.4, -0.2) is 42.1 Å². The molecule has 1 aromatic carbocycles. The molecule has 4 aliphatic rings. The van der Waals surface area contributed by atoms with Gasteiger partial charge >= 0.3 is 0 Å². The third kappa shape index (κ3) is 2.96. The molecular weight excluding hydrogens is 346 g/mol. The van der Waals surface area contributed by atoms with Crippen LogP contribution < -0.4 is 10.2 Å². The Kier molecular flexibility index (Phi) is 4.65. The van der Waals surface area contributed by atoms with Crippen molar-refractivity contribution in [1.82, 2.24) is 10.2 Å². The van der Waals surface area contributed by atoms with Crippen molar-refractivity contribution in [2.75, 3.05) is 24.7 Å². The summed E-state index contributed by atoms with van der Waals surface area (Å²) in [7, 11) is 0. The van der Waals surface area contributed by atoms with Gasteiger partial charge in [0.25, 0.3) is 0 Å². The number of rotatable bonds is 2. The molecule has 1 aromatic rings. The van der Waals surface area contributed by atoms with E-state index < -0.39 is 0 Å². The molecule has 28 heavy (non-hydrogen) atoms. The Hall–Kier alpha value is -1.55. The molecule has 1 spiro atoms. The molecule has 4 heteroatoms. The molecule has 1 amide bonds. The predicted molar refractivity (Wildman–Crippen MR) is 113 cm³/mol. The first-order valence-corrected chi connectivity index (χ1v) is 11.5. The van der Waals surface area contributed by atoms with Gasteiger partial charge in [-0.05, 0) is 68.4 Å². The van der Waals surface area contributed by atoms with E-state index in [0.29, 0.717) is 12.1 Å². The van der Waals surface area contributed by atoms with Crippen molar-refractivity contribution < 1.29 is 4.79 Å². The number of likely N-dealkylation sites (tertiary alicyclic amines) is 1. The average molecular weight is 382 g/mol. The highest BCUT2D eigenvalue weighted by atomic mass is 16.2. The van der Waals surface area contributed by atoms with Crippen molar-refractivity contribution in [2.45, 2.75) is 76.3 Å². The van der Waals surface area contributed by atoms with Crippen LogP contribution in [0.15, 0.2) is 30.3 Å². The number of carbonyl (C=O) groups excluding carboxylic acids is 1. The number of nitrogens with one attached hydrogen (secondary N) is 1. The van der Waals surface area contributed by atoms with Gasteiger partial charge in [0.2, 0.25) is 5.91 Å². The largest absolute Gasteiger partial charge is 0.339 e. The predicted octanol–water partition coefficient (Wildman–Crippen LogP) is 4.16. The normalized spacial score (nSPS) is 35.6. The Balaban J connectivity index is 1.27. The number of amides is 1. The molecule has 0 aromatic heterocycles. The summed E-state index contributed by atoms with van der Waals surface area (Å²) in [6.07, 6.45) is 11.8. The fourth-order valence-electron chi connectivity index (χ4n) is 6.77. The van der Waals surface area contributed by atoms with Crippen molar-refractivity contribution >= 4 is 11.6 Å². The van der Waals surface area contributed by atoms with Gasteiger partial charge in [-0.25, -0.2) is 0 Å². The number of piperidine rings is 1. The number of fused-ring (bicyclic) bond motifs is 1. The first kappa shape index (κ1) is 18.5. The van der Waals surface area contributed by atoms with Crippen LogP contribution in [0.2, 0.25) is 0 Å². The summed E-state index contributed by atoms with van der Waals surface area (Å²) in [5, 5.41) is 3.13. The number of hydrogen-bond donors (Lipinski definition) is 1. The number of nitrogens with zero attached hydrogens (tertiary/aromatic N) is 2. The summed E-state index contributed by atoms with van der Waals surface area (Å²) < 4.78 is 0. The summed E-state index contributed by atoms with van der Waals surface area (Å²) in [6, 6.07) is 11.2. The summed E-state index contributed by atoms with van der Waals surface area (Å²) in [5.41, 5.74) is 1.44. The number of hydrogen-bond acceptors (Lipinski definition) is 3. The third-order valence-electron chi connectivity index (χ3n) is 8.69. The van der Waals surface area contributed by atoms with Crippen molar-refractivity contribution in [1.29, 1.82) is 0 Å². The van der Waals surface area contributed by atoms with Crippen molar-refractivity contribution in [3.63, 3.8) is 0 Å². The maximum atomic E-state index is 12.9. The molecule has 1 N–H and O–H groups in total. The van der Waals surface area contributed by atoms with Crippen LogP contribution in [-0.2, 0) is 4.79 Å². The van der Waals surface area contributed by atoms with Gasteiger partial charge in [0.15, 0.2) is 0 Å². The minimum absolute atomic E-state index is 0.236. The molecule has 2 heterocycles. The molecule has 3 atom stereocenters. The van der Waals surface area contributed by atoms with E-state index in [9.17, 15) is 4.79 Å². The standard InChI is InChI=1S/C24H35N3O/c1-23-11-6-5-7-19(23)17-21(10-12-23)26-15-13-24(14-16-26)22(28)25-18-27(24)20-8-3-2-4-9-20/h2-4,8-9,19,21H,5-7,10-18H2,1H3,(H,25,28)/t19-,21-,23-/m1/s1. The van der Waals surface area contributed by atoms with Gasteiger partial charge in [0.1, 0.15) is 5.54 Å². The van der Waals surface area contributed by atoms with Crippen LogP contribution in [0.4, 0.5) is 5.69 Å². The highest BCUT2D eigenvalue weighted by Gasteiger charge is 2.51. The zero-order chi connectivity index (χ0) is 19.2. The Morgan fingerprint density at radius 3 is 2.57 bits per heavy atom. The second-order valence-corrected chi connectivity index (χ2v) is 10.0. The van der Waals surface area contributed by atoms with E-state index in [2.05, 4.69) is 46.3 Å². The zero-order valence-corrected chi connectivity index (χ0v) is 17.3. The summed E-state index contributed by atoms with van der Waals surface area (Å²) in [6.45, 7) is 5.32. The maximum Gasteiger partial charge on any atom is 0.247 e. The van der Waals surface area contributed by atoms with E-state index in [1.54, 1.807) is 0 Å². The minimum Gasteiger partial charge on any atom is -0.339 e. The van der Waals surface area contributed by atoms with E-state index in [1.807, 2.05) is 6.07 Å². The quantitative estimate of drug-likeness (QED) is 0.835. The smallest absolute Gasteiger partial charge is 0.247 e. The lowest BCUT2D eigenvalue weighted by Crippen LogP contribution is -2.58. The van der Waals surface area contributed by atoms with Crippen molar-refractivity contribution in [3.8, 4) is 0 Å². The molecular formula is C24H35N3O. The fourth-order valence-corrected chi connectivity index (χ4v) is 6.77.